The quantitative estimate of drug-likeness (QED) is 0.776. The third-order valence-electron chi connectivity index (χ3n) is 4.50. The van der Waals surface area contributed by atoms with E-state index in [9.17, 15) is 0 Å². The van der Waals surface area contributed by atoms with Crippen molar-refractivity contribution in [3.05, 3.63) is 23.8 Å². The summed E-state index contributed by atoms with van der Waals surface area (Å²) in [4.78, 5) is 0. The Morgan fingerprint density at radius 3 is 2.82 bits per heavy atom. The molecule has 2 fully saturated rings. The van der Waals surface area contributed by atoms with Crippen LogP contribution in [0.5, 0.6) is 11.5 Å². The molecule has 0 saturated heterocycles. The van der Waals surface area contributed by atoms with Crippen LogP contribution in [-0.2, 0) is 5.41 Å². The Morgan fingerprint density at radius 1 is 1.29 bits per heavy atom. The van der Waals surface area contributed by atoms with Crippen LogP contribution in [0.15, 0.2) is 18.2 Å². The molecule has 1 aromatic carbocycles. The molecule has 3 aliphatic rings. The number of hydrogen-bond donors (Lipinski definition) is 0. The van der Waals surface area contributed by atoms with Crippen molar-refractivity contribution in [1.29, 1.82) is 0 Å². The van der Waals surface area contributed by atoms with E-state index in [1.54, 1.807) is 0 Å². The Morgan fingerprint density at radius 2 is 2.12 bits per heavy atom. The molecule has 0 amide bonds. The van der Waals surface area contributed by atoms with Crippen LogP contribution in [0.4, 0.5) is 0 Å². The maximum Gasteiger partial charge on any atom is 0.127 e. The van der Waals surface area contributed by atoms with Crippen molar-refractivity contribution >= 4 is 0 Å². The third kappa shape index (κ3) is 1.39. The molecular formula is C15H18O2. The van der Waals surface area contributed by atoms with E-state index in [1.807, 2.05) is 0 Å². The van der Waals surface area contributed by atoms with Gasteiger partial charge in [-0.2, -0.15) is 0 Å². The smallest absolute Gasteiger partial charge is 0.127 e. The molecule has 4 rings (SSSR count). The van der Waals surface area contributed by atoms with E-state index < -0.39 is 0 Å². The van der Waals surface area contributed by atoms with Gasteiger partial charge in [-0.1, -0.05) is 13.0 Å². The molecule has 1 aliphatic heterocycles. The predicted octanol–water partition coefficient (Wildman–Crippen LogP) is 3.29. The first-order chi connectivity index (χ1) is 8.27. The summed E-state index contributed by atoms with van der Waals surface area (Å²) in [5.74, 6) is 2.99. The highest BCUT2D eigenvalue weighted by molar-refractivity contribution is 5.55. The Kier molecular flexibility index (Phi) is 1.84. The Hall–Kier alpha value is -1.18. The summed E-state index contributed by atoms with van der Waals surface area (Å²) >= 11 is 0. The van der Waals surface area contributed by atoms with E-state index in [4.69, 9.17) is 9.47 Å². The molecule has 1 heterocycles. The van der Waals surface area contributed by atoms with Gasteiger partial charge in [-0.25, -0.2) is 0 Å². The van der Waals surface area contributed by atoms with Gasteiger partial charge in [0.05, 0.1) is 12.7 Å². The van der Waals surface area contributed by atoms with Crippen molar-refractivity contribution in [2.75, 3.05) is 6.61 Å². The Balaban J connectivity index is 1.65. The Bertz CT molecular complexity index is 456. The number of ether oxygens (including phenoxy) is 2. The van der Waals surface area contributed by atoms with Gasteiger partial charge in [0.25, 0.3) is 0 Å². The fourth-order valence-electron chi connectivity index (χ4n) is 3.19. The lowest BCUT2D eigenvalue weighted by Gasteiger charge is -2.33. The van der Waals surface area contributed by atoms with Gasteiger partial charge in [0.1, 0.15) is 11.5 Å². The van der Waals surface area contributed by atoms with Crippen LogP contribution in [0.1, 0.15) is 38.2 Å². The molecule has 0 radical (unpaired) electrons. The monoisotopic (exact) mass is 230 g/mol. The maximum absolute atomic E-state index is 6.16. The molecule has 2 nitrogen and oxygen atoms in total. The van der Waals surface area contributed by atoms with Crippen LogP contribution in [0.25, 0.3) is 0 Å². The lowest BCUT2D eigenvalue weighted by Crippen LogP contribution is -2.32. The van der Waals surface area contributed by atoms with Gasteiger partial charge < -0.3 is 9.47 Å². The van der Waals surface area contributed by atoms with Crippen molar-refractivity contribution < 1.29 is 9.47 Å². The van der Waals surface area contributed by atoms with E-state index in [0.717, 1.165) is 24.0 Å². The maximum atomic E-state index is 6.16. The molecule has 17 heavy (non-hydrogen) atoms. The first-order valence-corrected chi connectivity index (χ1v) is 6.70. The number of hydrogen-bond acceptors (Lipinski definition) is 2. The highest BCUT2D eigenvalue weighted by Gasteiger charge is 2.52. The van der Waals surface area contributed by atoms with Crippen molar-refractivity contribution in [3.63, 3.8) is 0 Å². The van der Waals surface area contributed by atoms with Crippen LogP contribution in [0.2, 0.25) is 0 Å². The van der Waals surface area contributed by atoms with Gasteiger partial charge in [0, 0.05) is 11.0 Å². The topological polar surface area (TPSA) is 18.5 Å². The molecule has 2 aliphatic carbocycles. The standard InChI is InChI=1S/C15H18O2/c1-10-7-11(8-10)17-13-4-2-3-12-14(13)15(5-6-15)9-16-12/h2-4,10-11H,5-9H2,1H3. The first kappa shape index (κ1) is 9.81. The minimum Gasteiger partial charge on any atom is -0.492 e. The second-order valence-corrected chi connectivity index (χ2v) is 6.01. The molecular weight excluding hydrogens is 212 g/mol. The van der Waals surface area contributed by atoms with Gasteiger partial charge in [-0.15, -0.1) is 0 Å². The second kappa shape index (κ2) is 3.18. The lowest BCUT2D eigenvalue weighted by molar-refractivity contribution is 0.0727. The fraction of sp³-hybridized carbons (Fsp3) is 0.600. The zero-order valence-corrected chi connectivity index (χ0v) is 10.2. The molecule has 1 aromatic rings. The van der Waals surface area contributed by atoms with Gasteiger partial charge >= 0.3 is 0 Å². The van der Waals surface area contributed by atoms with Crippen molar-refractivity contribution in [3.8, 4) is 11.5 Å². The van der Waals surface area contributed by atoms with E-state index in [-0.39, 0.29) is 0 Å². The number of fused-ring (bicyclic) bond motifs is 2. The summed E-state index contributed by atoms with van der Waals surface area (Å²) in [6, 6.07) is 6.26. The van der Waals surface area contributed by atoms with Gasteiger partial charge in [-0.05, 0) is 43.7 Å². The summed E-state index contributed by atoms with van der Waals surface area (Å²) in [5.41, 5.74) is 1.68. The van der Waals surface area contributed by atoms with Crippen molar-refractivity contribution in [2.45, 2.75) is 44.1 Å². The predicted molar refractivity (Wildman–Crippen MR) is 65.7 cm³/mol. The minimum atomic E-state index is 0.321. The fourth-order valence-corrected chi connectivity index (χ4v) is 3.19. The zero-order chi connectivity index (χ0) is 11.5. The normalized spacial score (nSPS) is 31.6. The number of benzene rings is 1. The molecule has 0 atom stereocenters. The van der Waals surface area contributed by atoms with Crippen LogP contribution in [0, 0.1) is 5.92 Å². The molecule has 90 valence electrons. The van der Waals surface area contributed by atoms with Crippen LogP contribution >= 0.6 is 0 Å². The van der Waals surface area contributed by atoms with Gasteiger partial charge in [0.15, 0.2) is 0 Å². The molecule has 0 unspecified atom stereocenters. The molecule has 2 saturated carbocycles. The van der Waals surface area contributed by atoms with Crippen LogP contribution < -0.4 is 9.47 Å². The Labute approximate surface area is 102 Å². The van der Waals surface area contributed by atoms with Crippen LogP contribution in [-0.4, -0.2) is 12.7 Å². The molecule has 0 aromatic heterocycles. The average molecular weight is 230 g/mol. The molecule has 2 heteroatoms. The van der Waals surface area contributed by atoms with E-state index >= 15 is 0 Å². The SMILES string of the molecule is CC1CC(Oc2cccc3c2C2(CC2)CO3)C1. The molecule has 0 N–H and O–H groups in total. The highest BCUT2D eigenvalue weighted by atomic mass is 16.5. The summed E-state index contributed by atoms with van der Waals surface area (Å²) in [6.45, 7) is 3.16. The summed E-state index contributed by atoms with van der Waals surface area (Å²) in [7, 11) is 0. The summed E-state index contributed by atoms with van der Waals surface area (Å²) in [6.07, 6.45) is 5.38. The lowest BCUT2D eigenvalue weighted by atomic mass is 9.84. The van der Waals surface area contributed by atoms with Crippen molar-refractivity contribution in [2.24, 2.45) is 5.92 Å². The van der Waals surface area contributed by atoms with Crippen LogP contribution in [0.3, 0.4) is 0 Å². The average Bonchev–Trinajstić information content (AvgIpc) is 2.95. The van der Waals surface area contributed by atoms with Crippen molar-refractivity contribution in [1.82, 2.24) is 0 Å². The van der Waals surface area contributed by atoms with Gasteiger partial charge in [0.2, 0.25) is 0 Å². The van der Waals surface area contributed by atoms with E-state index in [0.29, 0.717) is 11.5 Å². The highest BCUT2D eigenvalue weighted by Crippen LogP contribution is 2.58. The minimum absolute atomic E-state index is 0.321. The van der Waals surface area contributed by atoms with E-state index in [2.05, 4.69) is 25.1 Å². The summed E-state index contributed by atoms with van der Waals surface area (Å²) in [5, 5.41) is 0. The molecule has 1 spiro atoms. The number of rotatable bonds is 2. The third-order valence-corrected chi connectivity index (χ3v) is 4.50. The first-order valence-electron chi connectivity index (χ1n) is 6.70. The zero-order valence-electron chi connectivity index (χ0n) is 10.2. The van der Waals surface area contributed by atoms with Gasteiger partial charge in [-0.3, -0.25) is 0 Å². The summed E-state index contributed by atoms with van der Waals surface area (Å²) < 4.78 is 12.0. The largest absolute Gasteiger partial charge is 0.492 e. The van der Waals surface area contributed by atoms with E-state index in [1.165, 1.54) is 31.2 Å². The second-order valence-electron chi connectivity index (χ2n) is 6.01. The molecule has 0 bridgehead atoms.